The molecule has 2 aromatic rings. The maximum absolute atomic E-state index is 11.4. The summed E-state index contributed by atoms with van der Waals surface area (Å²) in [5.41, 5.74) is 6.64. The number of nitrogens with two attached hydrogens (primary N) is 1. The first kappa shape index (κ1) is 15.1. The molecule has 1 aromatic carbocycles. The number of benzene rings is 1. The predicted octanol–water partition coefficient (Wildman–Crippen LogP) is 1.52. The van der Waals surface area contributed by atoms with Crippen LogP contribution in [0.15, 0.2) is 45.4 Å². The lowest BCUT2D eigenvalue weighted by Crippen LogP contribution is -2.22. The van der Waals surface area contributed by atoms with E-state index in [9.17, 15) is 4.79 Å². The lowest BCUT2D eigenvalue weighted by atomic mass is 10.3. The monoisotopic (exact) mass is 299 g/mol. The van der Waals surface area contributed by atoms with E-state index >= 15 is 0 Å². The number of rotatable bonds is 4. The van der Waals surface area contributed by atoms with Crippen molar-refractivity contribution in [1.82, 2.24) is 4.98 Å². The summed E-state index contributed by atoms with van der Waals surface area (Å²) in [6.07, 6.45) is 1.02. The van der Waals surface area contributed by atoms with Crippen LogP contribution >= 0.6 is 0 Å². The Hall–Kier alpha value is -3.34. The third-order valence-corrected chi connectivity index (χ3v) is 2.48. The number of anilines is 1. The largest absolute Gasteiger partial charge is 0.462 e. The molecule has 1 aromatic heterocycles. The Morgan fingerprint density at radius 1 is 1.59 bits per heavy atom. The maximum Gasteiger partial charge on any atom is 0.350 e. The van der Waals surface area contributed by atoms with Gasteiger partial charge in [0.25, 0.3) is 0 Å². The topological polar surface area (TPSA) is 127 Å². The summed E-state index contributed by atoms with van der Waals surface area (Å²) in [7, 11) is 0. The van der Waals surface area contributed by atoms with Gasteiger partial charge in [-0.2, -0.15) is 10.2 Å². The van der Waals surface area contributed by atoms with E-state index in [-0.39, 0.29) is 24.2 Å². The minimum absolute atomic E-state index is 0.0800. The molecule has 0 spiro atoms. The fraction of sp³-hybridized carbons (Fsp3) is 0.143. The fourth-order valence-corrected chi connectivity index (χ4v) is 1.54. The number of fused-ring (bicyclic) bond motifs is 1. The van der Waals surface area contributed by atoms with E-state index in [1.807, 2.05) is 12.1 Å². The summed E-state index contributed by atoms with van der Waals surface area (Å²) < 4.78 is 10.1. The van der Waals surface area contributed by atoms with Crippen molar-refractivity contribution in [2.24, 2.45) is 10.7 Å². The van der Waals surface area contributed by atoms with Gasteiger partial charge in [0.05, 0.1) is 12.8 Å². The first-order chi connectivity index (χ1) is 10.6. The third-order valence-electron chi connectivity index (χ3n) is 2.48. The van der Waals surface area contributed by atoms with Crippen molar-refractivity contribution < 1.29 is 13.9 Å². The van der Waals surface area contributed by atoms with Gasteiger partial charge in [0.15, 0.2) is 11.2 Å². The average Bonchev–Trinajstić information content (AvgIpc) is 2.90. The molecule has 0 amide bonds. The summed E-state index contributed by atoms with van der Waals surface area (Å²) in [4.78, 5) is 19.3. The van der Waals surface area contributed by atoms with Gasteiger partial charge in [0.2, 0.25) is 5.96 Å². The molecule has 0 radical (unpaired) electrons. The van der Waals surface area contributed by atoms with Crippen LogP contribution in [-0.2, 0) is 9.53 Å². The summed E-state index contributed by atoms with van der Waals surface area (Å²) >= 11 is 0. The van der Waals surface area contributed by atoms with Gasteiger partial charge >= 0.3 is 12.0 Å². The van der Waals surface area contributed by atoms with E-state index in [0.29, 0.717) is 11.1 Å². The van der Waals surface area contributed by atoms with Crippen LogP contribution < -0.4 is 11.1 Å². The van der Waals surface area contributed by atoms with Crippen LogP contribution in [0.5, 0.6) is 0 Å². The number of para-hydroxylation sites is 2. The number of aromatic nitrogens is 1. The molecule has 8 nitrogen and oxygen atoms in total. The van der Waals surface area contributed by atoms with Crippen LogP contribution in [0.2, 0.25) is 0 Å². The van der Waals surface area contributed by atoms with Crippen LogP contribution in [0, 0.1) is 11.3 Å². The number of oxazole rings is 1. The van der Waals surface area contributed by atoms with E-state index < -0.39 is 5.97 Å². The first-order valence-corrected chi connectivity index (χ1v) is 6.37. The Morgan fingerprint density at radius 2 is 2.36 bits per heavy atom. The quantitative estimate of drug-likeness (QED) is 0.288. The van der Waals surface area contributed by atoms with Crippen molar-refractivity contribution >= 4 is 29.0 Å². The number of nitriles is 1. The van der Waals surface area contributed by atoms with Crippen LogP contribution in [-0.4, -0.2) is 23.5 Å². The molecular weight excluding hydrogens is 286 g/mol. The van der Waals surface area contributed by atoms with E-state index in [4.69, 9.17) is 20.1 Å². The standard InChI is InChI=1S/C14H13N5O3/c1-2-21-12(20)9(7-15)8-17-13(16)19-14-18-10-5-3-4-6-11(10)22-14/h3-6,8H,2H2,1H3,(H3,16,17,18,19). The van der Waals surface area contributed by atoms with Crippen molar-refractivity contribution in [3.8, 4) is 6.07 Å². The summed E-state index contributed by atoms with van der Waals surface area (Å²) in [6, 6.07) is 9.03. The molecule has 0 fully saturated rings. The van der Waals surface area contributed by atoms with Gasteiger partial charge in [-0.25, -0.2) is 9.79 Å². The average molecular weight is 299 g/mol. The fourth-order valence-electron chi connectivity index (χ4n) is 1.54. The number of ether oxygens (including phenoxy) is 1. The predicted molar refractivity (Wildman–Crippen MR) is 79.6 cm³/mol. The van der Waals surface area contributed by atoms with Crippen LogP contribution in [0.25, 0.3) is 11.1 Å². The van der Waals surface area contributed by atoms with Crippen molar-refractivity contribution in [2.75, 3.05) is 11.9 Å². The molecule has 0 unspecified atom stereocenters. The Kier molecular flexibility index (Phi) is 4.72. The Labute approximate surface area is 125 Å². The molecular formula is C14H13N5O3. The second kappa shape index (κ2) is 6.90. The van der Waals surface area contributed by atoms with Crippen molar-refractivity contribution in [2.45, 2.75) is 6.92 Å². The van der Waals surface area contributed by atoms with E-state index in [1.54, 1.807) is 25.1 Å². The van der Waals surface area contributed by atoms with Crippen molar-refractivity contribution in [3.63, 3.8) is 0 Å². The summed E-state index contributed by atoms with van der Waals surface area (Å²) in [5, 5.41) is 11.5. The van der Waals surface area contributed by atoms with Gasteiger partial charge in [-0.15, -0.1) is 0 Å². The van der Waals surface area contributed by atoms with Gasteiger partial charge in [0.1, 0.15) is 11.6 Å². The van der Waals surface area contributed by atoms with Crippen LogP contribution in [0.4, 0.5) is 6.01 Å². The summed E-state index contributed by atoms with van der Waals surface area (Å²) in [6.45, 7) is 1.80. The zero-order chi connectivity index (χ0) is 15.9. The molecule has 8 heteroatoms. The molecule has 22 heavy (non-hydrogen) atoms. The number of hydrogen-bond acceptors (Lipinski definition) is 6. The molecule has 112 valence electrons. The lowest BCUT2D eigenvalue weighted by Gasteiger charge is -1.99. The van der Waals surface area contributed by atoms with Crippen LogP contribution in [0.3, 0.4) is 0 Å². The molecule has 0 bridgehead atoms. The molecule has 1 heterocycles. The number of nitrogens with one attached hydrogen (secondary N) is 1. The van der Waals surface area contributed by atoms with Crippen LogP contribution in [0.1, 0.15) is 6.92 Å². The Morgan fingerprint density at radius 3 is 3.05 bits per heavy atom. The van der Waals surface area contributed by atoms with Gasteiger partial charge in [-0.05, 0) is 19.1 Å². The Balaban J connectivity index is 2.12. The highest BCUT2D eigenvalue weighted by Crippen LogP contribution is 2.17. The Bertz CT molecular complexity index is 752. The number of hydrogen-bond donors (Lipinski definition) is 2. The zero-order valence-corrected chi connectivity index (χ0v) is 11.7. The minimum Gasteiger partial charge on any atom is -0.462 e. The van der Waals surface area contributed by atoms with E-state index in [1.165, 1.54) is 0 Å². The molecule has 0 saturated heterocycles. The van der Waals surface area contributed by atoms with E-state index in [2.05, 4.69) is 15.3 Å². The molecule has 0 atom stereocenters. The molecule has 0 aliphatic rings. The molecule has 0 saturated carbocycles. The maximum atomic E-state index is 11.4. The molecule has 0 aliphatic heterocycles. The lowest BCUT2D eigenvalue weighted by molar-refractivity contribution is -0.138. The van der Waals surface area contributed by atoms with E-state index in [0.717, 1.165) is 6.20 Å². The third kappa shape index (κ3) is 3.61. The number of nitrogens with zero attached hydrogens (tertiary/aromatic N) is 3. The number of guanidine groups is 1. The highest BCUT2D eigenvalue weighted by molar-refractivity contribution is 5.95. The van der Waals surface area contributed by atoms with Crippen molar-refractivity contribution in [1.29, 1.82) is 5.26 Å². The second-order valence-electron chi connectivity index (χ2n) is 4.00. The zero-order valence-electron chi connectivity index (χ0n) is 11.7. The summed E-state index contributed by atoms with van der Waals surface area (Å²) in [5.74, 6) is -0.841. The van der Waals surface area contributed by atoms with Gasteiger partial charge in [0, 0.05) is 0 Å². The first-order valence-electron chi connectivity index (χ1n) is 6.37. The number of carbonyl (C=O) groups is 1. The number of esters is 1. The van der Waals surface area contributed by atoms with Crippen molar-refractivity contribution in [3.05, 3.63) is 36.0 Å². The SMILES string of the molecule is CCOC(=O)C(C#N)=CN=C(N)Nc1nc2ccccc2o1. The molecule has 3 N–H and O–H groups in total. The number of carbonyl (C=O) groups excluding carboxylic acids is 1. The van der Waals surface area contributed by atoms with Gasteiger partial charge in [-0.1, -0.05) is 12.1 Å². The van der Waals surface area contributed by atoms with Gasteiger partial charge < -0.3 is 14.9 Å². The minimum atomic E-state index is -0.761. The highest BCUT2D eigenvalue weighted by atomic mass is 16.5. The second-order valence-corrected chi connectivity index (χ2v) is 4.00. The molecule has 0 aliphatic carbocycles. The number of aliphatic imine (C=N–C) groups is 1. The smallest absolute Gasteiger partial charge is 0.350 e. The normalized spacial score (nSPS) is 12.0. The highest BCUT2D eigenvalue weighted by Gasteiger charge is 2.09. The molecule has 2 rings (SSSR count). The van der Waals surface area contributed by atoms with Gasteiger partial charge in [-0.3, -0.25) is 5.32 Å².